The third kappa shape index (κ3) is 7.91. The fourth-order valence-electron chi connectivity index (χ4n) is 4.34. The molecule has 42 heavy (non-hydrogen) atoms. The highest BCUT2D eigenvalue weighted by atomic mass is 35.5. The summed E-state index contributed by atoms with van der Waals surface area (Å²) in [5.41, 5.74) is 13.7. The van der Waals surface area contributed by atoms with Crippen molar-refractivity contribution in [3.05, 3.63) is 107 Å². The van der Waals surface area contributed by atoms with Crippen molar-refractivity contribution in [1.82, 2.24) is 0 Å². The Balaban J connectivity index is 0.000000187. The molecule has 1 amide bonds. The molecule has 2 aliphatic rings. The molecular weight excluding hydrogens is 642 g/mol. The SMILES string of the molecule is ClCCl.Nc1ccc2c(c1)-c1ccccc1C2=O.O=C(CCl)Nc1ccc2c(c1)-c1ccccc1C2=O.O=C(Cl)CCl. The van der Waals surface area contributed by atoms with Crippen LogP contribution >= 0.6 is 58.0 Å². The minimum absolute atomic E-state index is 0.0285. The smallest absolute Gasteiger partial charge is 0.239 e. The maximum Gasteiger partial charge on any atom is 0.239 e. The first-order chi connectivity index (χ1) is 20.2. The largest absolute Gasteiger partial charge is 0.399 e. The summed E-state index contributed by atoms with van der Waals surface area (Å²) in [6.45, 7) is 0. The molecule has 0 saturated carbocycles. The van der Waals surface area contributed by atoms with Gasteiger partial charge in [0.05, 0.1) is 11.2 Å². The van der Waals surface area contributed by atoms with Crippen molar-refractivity contribution in [2.75, 3.05) is 28.1 Å². The maximum atomic E-state index is 12.2. The van der Waals surface area contributed by atoms with Crippen LogP contribution in [0.15, 0.2) is 84.9 Å². The van der Waals surface area contributed by atoms with E-state index in [0.29, 0.717) is 22.5 Å². The molecule has 2 aliphatic carbocycles. The van der Waals surface area contributed by atoms with Gasteiger partial charge in [0, 0.05) is 33.6 Å². The number of amides is 1. The second-order valence-electron chi connectivity index (χ2n) is 8.59. The van der Waals surface area contributed by atoms with Crippen LogP contribution in [0.2, 0.25) is 0 Å². The number of hydrogen-bond acceptors (Lipinski definition) is 5. The van der Waals surface area contributed by atoms with Gasteiger partial charge in [0.15, 0.2) is 11.6 Å². The summed E-state index contributed by atoms with van der Waals surface area (Å²) in [5.74, 6) is -0.325. The van der Waals surface area contributed by atoms with Gasteiger partial charge in [-0.05, 0) is 70.3 Å². The van der Waals surface area contributed by atoms with Crippen molar-refractivity contribution in [3.8, 4) is 22.3 Å². The van der Waals surface area contributed by atoms with Crippen molar-refractivity contribution >= 4 is 92.1 Å². The van der Waals surface area contributed by atoms with Gasteiger partial charge in [-0.1, -0.05) is 48.5 Å². The molecule has 4 aromatic rings. The summed E-state index contributed by atoms with van der Waals surface area (Å²) in [6.07, 6.45) is 0. The minimum Gasteiger partial charge on any atom is -0.399 e. The third-order valence-electron chi connectivity index (χ3n) is 5.99. The second kappa shape index (κ2) is 15.7. The standard InChI is InChI=1S/C15H10ClNO2.C13H9NO.C2H2Cl2O.CH2Cl2/c16-8-14(18)17-9-5-6-12-13(7-9)10-3-1-2-4-11(10)15(12)19;14-8-5-6-11-12(7-8)9-3-1-2-4-10(9)13(11)15;3-1-2(4)5;2-1-3/h1-7H,8H2,(H,17,18);1-7H,14H2;1H2;1H2. The number of nitrogens with one attached hydrogen (secondary N) is 1. The number of carbonyl (C=O) groups is 4. The molecule has 0 spiro atoms. The lowest BCUT2D eigenvalue weighted by atomic mass is 10.1. The van der Waals surface area contributed by atoms with Gasteiger partial charge in [-0.25, -0.2) is 0 Å². The molecule has 0 fully saturated rings. The molecular formula is C31H23Cl5N2O4. The summed E-state index contributed by atoms with van der Waals surface area (Å²) < 4.78 is 0. The van der Waals surface area contributed by atoms with Gasteiger partial charge in [0.25, 0.3) is 0 Å². The van der Waals surface area contributed by atoms with Crippen LogP contribution in [0.5, 0.6) is 0 Å². The fourth-order valence-corrected chi connectivity index (χ4v) is 4.41. The number of anilines is 2. The van der Waals surface area contributed by atoms with Crippen LogP contribution in [0, 0.1) is 0 Å². The topological polar surface area (TPSA) is 106 Å². The normalized spacial score (nSPS) is 11.2. The lowest BCUT2D eigenvalue weighted by Gasteiger charge is -2.05. The zero-order chi connectivity index (χ0) is 30.8. The van der Waals surface area contributed by atoms with Crippen molar-refractivity contribution in [2.24, 2.45) is 0 Å². The highest BCUT2D eigenvalue weighted by Crippen LogP contribution is 2.38. The second-order valence-corrected chi connectivity index (χ2v) is 10.4. The van der Waals surface area contributed by atoms with Crippen molar-refractivity contribution in [1.29, 1.82) is 0 Å². The van der Waals surface area contributed by atoms with Gasteiger partial charge in [-0.2, -0.15) is 0 Å². The Morgan fingerprint density at radius 2 is 1.00 bits per heavy atom. The first-order valence-electron chi connectivity index (χ1n) is 12.2. The molecule has 0 heterocycles. The Hall–Kier alpha value is -3.39. The van der Waals surface area contributed by atoms with Crippen LogP contribution in [-0.4, -0.2) is 39.8 Å². The fraction of sp³-hybridized carbons (Fsp3) is 0.0968. The summed E-state index contributed by atoms with van der Waals surface area (Å²) in [6, 6.07) is 25.8. The first kappa shape index (κ1) is 33.1. The molecule has 0 saturated heterocycles. The van der Waals surface area contributed by atoms with Gasteiger partial charge < -0.3 is 11.1 Å². The molecule has 0 bridgehead atoms. The van der Waals surface area contributed by atoms with Crippen LogP contribution in [0.25, 0.3) is 22.3 Å². The molecule has 4 aromatic carbocycles. The lowest BCUT2D eigenvalue weighted by Crippen LogP contribution is -2.12. The molecule has 6 rings (SSSR count). The summed E-state index contributed by atoms with van der Waals surface area (Å²) in [7, 11) is 0. The number of carbonyl (C=O) groups excluding carboxylic acids is 4. The van der Waals surface area contributed by atoms with Crippen molar-refractivity contribution < 1.29 is 19.2 Å². The highest BCUT2D eigenvalue weighted by molar-refractivity contribution is 6.67. The average Bonchev–Trinajstić information content (AvgIpc) is 3.44. The van der Waals surface area contributed by atoms with E-state index in [0.717, 1.165) is 33.4 Å². The van der Waals surface area contributed by atoms with Gasteiger partial charge >= 0.3 is 0 Å². The van der Waals surface area contributed by atoms with Gasteiger partial charge in [-0.3, -0.25) is 19.2 Å². The van der Waals surface area contributed by atoms with Gasteiger partial charge in [0.1, 0.15) is 5.88 Å². The molecule has 11 heteroatoms. The van der Waals surface area contributed by atoms with E-state index in [4.69, 9.17) is 63.7 Å². The predicted molar refractivity (Wildman–Crippen MR) is 173 cm³/mol. The minimum atomic E-state index is -0.508. The molecule has 0 unspecified atom stereocenters. The predicted octanol–water partition coefficient (Wildman–Crippen LogP) is 7.97. The molecule has 0 aromatic heterocycles. The molecule has 216 valence electrons. The van der Waals surface area contributed by atoms with E-state index in [9.17, 15) is 19.2 Å². The monoisotopic (exact) mass is 662 g/mol. The Labute approximate surface area is 267 Å². The van der Waals surface area contributed by atoms with Crippen LogP contribution in [0.4, 0.5) is 11.4 Å². The number of rotatable bonds is 3. The molecule has 0 aliphatic heterocycles. The van der Waals surface area contributed by atoms with E-state index in [2.05, 4.69) is 5.32 Å². The zero-order valence-electron chi connectivity index (χ0n) is 21.8. The maximum absolute atomic E-state index is 12.2. The Morgan fingerprint density at radius 3 is 1.45 bits per heavy atom. The number of halogens is 5. The quantitative estimate of drug-likeness (QED) is 0.113. The molecule has 3 N–H and O–H groups in total. The average molecular weight is 665 g/mol. The van der Waals surface area contributed by atoms with Crippen LogP contribution < -0.4 is 11.1 Å². The van der Waals surface area contributed by atoms with Crippen LogP contribution in [-0.2, 0) is 9.59 Å². The molecule has 0 atom stereocenters. The Bertz CT molecular complexity index is 1640. The van der Waals surface area contributed by atoms with Crippen molar-refractivity contribution in [3.63, 3.8) is 0 Å². The van der Waals surface area contributed by atoms with E-state index in [1.807, 2.05) is 60.7 Å². The van der Waals surface area contributed by atoms with E-state index >= 15 is 0 Å². The highest BCUT2D eigenvalue weighted by Gasteiger charge is 2.27. The number of nitrogens with two attached hydrogens (primary N) is 1. The van der Waals surface area contributed by atoms with Crippen LogP contribution in [0.1, 0.15) is 31.8 Å². The van der Waals surface area contributed by atoms with E-state index in [-0.39, 0.29) is 34.6 Å². The van der Waals surface area contributed by atoms with Crippen molar-refractivity contribution in [2.45, 2.75) is 0 Å². The lowest BCUT2D eigenvalue weighted by molar-refractivity contribution is -0.114. The summed E-state index contributed by atoms with van der Waals surface area (Å²) in [5, 5.41) is 2.37. The Morgan fingerprint density at radius 1 is 0.595 bits per heavy atom. The third-order valence-corrected chi connectivity index (χ3v) is 6.74. The van der Waals surface area contributed by atoms with E-state index in [1.165, 1.54) is 0 Å². The van der Waals surface area contributed by atoms with E-state index < -0.39 is 5.24 Å². The number of alkyl halides is 4. The molecule has 6 nitrogen and oxygen atoms in total. The molecule has 0 radical (unpaired) electrons. The van der Waals surface area contributed by atoms with Gasteiger partial charge in [0.2, 0.25) is 11.1 Å². The number of hydrogen-bond donors (Lipinski definition) is 2. The number of benzene rings is 4. The van der Waals surface area contributed by atoms with Crippen LogP contribution in [0.3, 0.4) is 0 Å². The zero-order valence-corrected chi connectivity index (χ0v) is 25.6. The number of nitrogen functional groups attached to an aromatic ring is 1. The first-order valence-corrected chi connectivity index (χ1v) is 14.7. The summed E-state index contributed by atoms with van der Waals surface area (Å²) >= 11 is 24.5. The van der Waals surface area contributed by atoms with Gasteiger partial charge in [-0.15, -0.1) is 46.4 Å². The number of ketones is 2. The number of fused-ring (bicyclic) bond motifs is 6. The summed E-state index contributed by atoms with van der Waals surface area (Å²) in [4.78, 5) is 44.9. The van der Waals surface area contributed by atoms with E-state index in [1.54, 1.807) is 24.3 Å². The Kier molecular flexibility index (Phi) is 12.4.